The molecule has 1 nitrogen and oxygen atoms in total. The average Bonchev–Trinajstić information content (AvgIpc) is 2.15. The number of thiol groups is 1. The fraction of sp³-hybridized carbons (Fsp3) is 0.200. The van der Waals surface area contributed by atoms with Crippen LogP contribution in [0.25, 0.3) is 0 Å². The fourth-order valence-electron chi connectivity index (χ4n) is 0.918. The lowest BCUT2D eigenvalue weighted by Gasteiger charge is -1.95. The van der Waals surface area contributed by atoms with Crippen LogP contribution in [-0.2, 0) is 6.54 Å². The van der Waals surface area contributed by atoms with Gasteiger partial charge in [-0.25, -0.2) is 0 Å². The molecule has 1 rings (SSSR count). The van der Waals surface area contributed by atoms with Crippen LogP contribution in [0.2, 0.25) is 0 Å². The summed E-state index contributed by atoms with van der Waals surface area (Å²) < 4.78 is 0. The molecular weight excluding hydrogens is 166 g/mol. The van der Waals surface area contributed by atoms with Crippen molar-refractivity contribution in [3.8, 4) is 11.8 Å². The quantitative estimate of drug-likeness (QED) is 0.492. The Morgan fingerprint density at radius 3 is 2.92 bits per heavy atom. The minimum absolute atomic E-state index is 0.566. The Morgan fingerprint density at radius 1 is 1.42 bits per heavy atom. The Labute approximate surface area is 78.4 Å². The van der Waals surface area contributed by atoms with E-state index in [9.17, 15) is 0 Å². The molecule has 0 saturated carbocycles. The maximum atomic E-state index is 5.48. The summed E-state index contributed by atoms with van der Waals surface area (Å²) >= 11 is 4.00. The third-order valence-corrected chi connectivity index (χ3v) is 1.63. The Bertz CT molecular complexity index is 309. The lowest BCUT2D eigenvalue weighted by molar-refractivity contribution is 1.07. The Hall–Kier alpha value is -0.910. The van der Waals surface area contributed by atoms with E-state index >= 15 is 0 Å². The summed E-state index contributed by atoms with van der Waals surface area (Å²) in [6.45, 7) is 0.566. The van der Waals surface area contributed by atoms with Crippen molar-refractivity contribution in [3.63, 3.8) is 0 Å². The van der Waals surface area contributed by atoms with Gasteiger partial charge in [0.2, 0.25) is 0 Å². The van der Waals surface area contributed by atoms with E-state index in [0.29, 0.717) is 12.3 Å². The highest BCUT2D eigenvalue weighted by Crippen LogP contribution is 2.02. The molecule has 0 fully saturated rings. The van der Waals surface area contributed by atoms with Crippen molar-refractivity contribution in [1.82, 2.24) is 0 Å². The molecule has 0 heterocycles. The largest absolute Gasteiger partial charge is 0.326 e. The van der Waals surface area contributed by atoms with Crippen molar-refractivity contribution in [1.29, 1.82) is 0 Å². The van der Waals surface area contributed by atoms with Crippen molar-refractivity contribution >= 4 is 12.6 Å². The van der Waals surface area contributed by atoms with Gasteiger partial charge in [-0.1, -0.05) is 24.0 Å². The van der Waals surface area contributed by atoms with Crippen molar-refractivity contribution in [3.05, 3.63) is 35.4 Å². The van der Waals surface area contributed by atoms with Crippen LogP contribution < -0.4 is 5.73 Å². The molecular formula is C10H11NS. The minimum atomic E-state index is 0.566. The number of rotatable bonds is 1. The second-order valence-corrected chi connectivity index (χ2v) is 2.68. The van der Waals surface area contributed by atoms with E-state index < -0.39 is 0 Å². The van der Waals surface area contributed by atoms with E-state index in [4.69, 9.17) is 5.73 Å². The molecule has 0 atom stereocenters. The molecule has 0 aliphatic heterocycles. The molecule has 0 saturated heterocycles. The van der Waals surface area contributed by atoms with Gasteiger partial charge in [-0.15, -0.1) is 0 Å². The van der Waals surface area contributed by atoms with Crippen LogP contribution >= 0.6 is 12.6 Å². The van der Waals surface area contributed by atoms with E-state index in [1.807, 2.05) is 24.3 Å². The summed E-state index contributed by atoms with van der Waals surface area (Å²) in [5.41, 5.74) is 7.60. The zero-order valence-electron chi connectivity index (χ0n) is 6.75. The van der Waals surface area contributed by atoms with Gasteiger partial charge in [-0.05, 0) is 17.7 Å². The molecule has 1 aromatic rings. The minimum Gasteiger partial charge on any atom is -0.326 e. The summed E-state index contributed by atoms with van der Waals surface area (Å²) in [5, 5.41) is 0. The first-order chi connectivity index (χ1) is 5.86. The summed E-state index contributed by atoms with van der Waals surface area (Å²) in [4.78, 5) is 0. The van der Waals surface area contributed by atoms with Gasteiger partial charge < -0.3 is 5.73 Å². The fourth-order valence-corrected chi connectivity index (χ4v) is 0.997. The van der Waals surface area contributed by atoms with Crippen LogP contribution in [-0.4, -0.2) is 5.75 Å². The molecule has 1 aromatic carbocycles. The monoisotopic (exact) mass is 177 g/mol. The van der Waals surface area contributed by atoms with Crippen molar-refractivity contribution in [2.75, 3.05) is 5.75 Å². The molecule has 0 unspecified atom stereocenters. The highest BCUT2D eigenvalue weighted by Gasteiger charge is 1.89. The van der Waals surface area contributed by atoms with Crippen molar-refractivity contribution < 1.29 is 0 Å². The third-order valence-electron chi connectivity index (χ3n) is 1.47. The maximum absolute atomic E-state index is 5.48. The number of nitrogens with two attached hydrogens (primary N) is 1. The number of hydrogen-bond acceptors (Lipinski definition) is 2. The Balaban J connectivity index is 2.86. The van der Waals surface area contributed by atoms with Crippen molar-refractivity contribution in [2.45, 2.75) is 6.54 Å². The van der Waals surface area contributed by atoms with E-state index in [1.165, 1.54) is 0 Å². The molecule has 0 spiro atoms. The Morgan fingerprint density at radius 2 is 2.25 bits per heavy atom. The van der Waals surface area contributed by atoms with Crippen molar-refractivity contribution in [2.24, 2.45) is 5.73 Å². The van der Waals surface area contributed by atoms with Gasteiger partial charge in [-0.2, -0.15) is 12.6 Å². The van der Waals surface area contributed by atoms with Crippen LogP contribution in [0.4, 0.5) is 0 Å². The normalized spacial score (nSPS) is 8.83. The van der Waals surface area contributed by atoms with Crippen LogP contribution in [0.1, 0.15) is 11.1 Å². The van der Waals surface area contributed by atoms with Gasteiger partial charge >= 0.3 is 0 Å². The highest BCUT2D eigenvalue weighted by atomic mass is 32.1. The summed E-state index contributed by atoms with van der Waals surface area (Å²) in [6.07, 6.45) is 0. The third kappa shape index (κ3) is 2.61. The van der Waals surface area contributed by atoms with E-state index in [1.54, 1.807) is 0 Å². The van der Waals surface area contributed by atoms with Crippen LogP contribution in [0.3, 0.4) is 0 Å². The second-order valence-electron chi connectivity index (χ2n) is 2.36. The highest BCUT2D eigenvalue weighted by molar-refractivity contribution is 7.80. The lowest BCUT2D eigenvalue weighted by Crippen LogP contribution is -1.95. The number of hydrogen-bond donors (Lipinski definition) is 2. The molecule has 2 heteroatoms. The maximum Gasteiger partial charge on any atom is 0.0521 e. The zero-order valence-corrected chi connectivity index (χ0v) is 7.64. The van der Waals surface area contributed by atoms with Crippen LogP contribution in [0, 0.1) is 11.8 Å². The predicted octanol–water partition coefficient (Wildman–Crippen LogP) is 1.43. The zero-order chi connectivity index (χ0) is 8.81. The molecule has 0 bridgehead atoms. The predicted molar refractivity (Wildman–Crippen MR) is 55.1 cm³/mol. The lowest BCUT2D eigenvalue weighted by atomic mass is 10.1. The van der Waals surface area contributed by atoms with Gasteiger partial charge in [0.25, 0.3) is 0 Å². The first-order valence-corrected chi connectivity index (χ1v) is 4.39. The van der Waals surface area contributed by atoms with Crippen LogP contribution in [0.5, 0.6) is 0 Å². The molecule has 2 N–H and O–H groups in total. The van der Waals surface area contributed by atoms with Gasteiger partial charge in [0.05, 0.1) is 5.75 Å². The molecule has 0 aromatic heterocycles. The van der Waals surface area contributed by atoms with E-state index in [-0.39, 0.29) is 0 Å². The first kappa shape index (κ1) is 9.18. The molecule has 12 heavy (non-hydrogen) atoms. The van der Waals surface area contributed by atoms with Gasteiger partial charge in [0.15, 0.2) is 0 Å². The van der Waals surface area contributed by atoms with Gasteiger partial charge in [0.1, 0.15) is 0 Å². The smallest absolute Gasteiger partial charge is 0.0521 e. The second kappa shape index (κ2) is 4.87. The average molecular weight is 177 g/mol. The molecule has 0 aliphatic carbocycles. The van der Waals surface area contributed by atoms with E-state index in [0.717, 1.165) is 11.1 Å². The molecule has 0 amide bonds. The van der Waals surface area contributed by atoms with Gasteiger partial charge in [0, 0.05) is 12.1 Å². The van der Waals surface area contributed by atoms with Gasteiger partial charge in [-0.3, -0.25) is 0 Å². The SMILES string of the molecule is NCc1cccc(C#CCS)c1. The number of benzene rings is 1. The van der Waals surface area contributed by atoms with E-state index in [2.05, 4.69) is 24.5 Å². The summed E-state index contributed by atoms with van der Waals surface area (Å²) in [7, 11) is 0. The summed E-state index contributed by atoms with van der Waals surface area (Å²) in [5.74, 6) is 6.47. The topological polar surface area (TPSA) is 26.0 Å². The molecule has 62 valence electrons. The first-order valence-electron chi connectivity index (χ1n) is 3.75. The van der Waals surface area contributed by atoms with Crippen LogP contribution in [0.15, 0.2) is 24.3 Å². The standard InChI is InChI=1S/C10H11NS/c11-8-10-4-1-3-9(7-10)5-2-6-12/h1,3-4,7,12H,6,8,11H2. The molecule has 0 aliphatic rings. The molecule has 0 radical (unpaired) electrons. The summed E-state index contributed by atoms with van der Waals surface area (Å²) in [6, 6.07) is 7.92. The Kier molecular flexibility index (Phi) is 3.72.